The number of aromatic amines is 1. The van der Waals surface area contributed by atoms with Crippen LogP contribution in [0.4, 0.5) is 18.9 Å². The molecule has 3 aromatic rings. The van der Waals surface area contributed by atoms with Crippen LogP contribution >= 0.6 is 0 Å². The molecule has 0 spiro atoms. The molecule has 1 amide bonds. The molecule has 1 heterocycles. The van der Waals surface area contributed by atoms with Crippen molar-refractivity contribution < 1.29 is 18.0 Å². The van der Waals surface area contributed by atoms with Crippen molar-refractivity contribution in [2.24, 2.45) is 0 Å². The second kappa shape index (κ2) is 9.38. The van der Waals surface area contributed by atoms with Gasteiger partial charge in [0.2, 0.25) is 5.91 Å². The average Bonchev–Trinajstić information content (AvgIpc) is 3.14. The normalized spacial score (nSPS) is 11.1. The molecule has 0 unspecified atom stereocenters. The van der Waals surface area contributed by atoms with E-state index in [0.29, 0.717) is 6.54 Å². The molecule has 2 aromatic carbocycles. The molecular weight excluding hydrogens is 381 g/mol. The highest BCUT2D eigenvalue weighted by Gasteiger charge is 2.11. The Morgan fingerprint density at radius 1 is 1.07 bits per heavy atom. The molecule has 1 aromatic heterocycles. The Hall–Kier alpha value is -3.13. The molecule has 0 saturated carbocycles. The molecule has 0 fully saturated rings. The number of rotatable bonds is 8. The van der Waals surface area contributed by atoms with Crippen molar-refractivity contribution in [2.45, 2.75) is 12.8 Å². The van der Waals surface area contributed by atoms with Gasteiger partial charge in [0.25, 0.3) is 0 Å². The molecule has 3 rings (SSSR count). The Kier molecular flexibility index (Phi) is 6.66. The molecule has 0 saturated heterocycles. The van der Waals surface area contributed by atoms with Crippen LogP contribution in [0.5, 0.6) is 0 Å². The predicted octanol–water partition coefficient (Wildman–Crippen LogP) is 4.00. The van der Waals surface area contributed by atoms with Gasteiger partial charge in [0.05, 0.1) is 17.9 Å². The van der Waals surface area contributed by atoms with Crippen LogP contribution in [-0.2, 0) is 11.2 Å². The van der Waals surface area contributed by atoms with Crippen LogP contribution in [0.3, 0.4) is 0 Å². The lowest BCUT2D eigenvalue weighted by molar-refractivity contribution is -0.117. The number of likely N-dealkylation sites (N-methyl/N-ethyl adjacent to an activating group) is 1. The summed E-state index contributed by atoms with van der Waals surface area (Å²) in [6.07, 6.45) is 1.49. The topological polar surface area (TPSA) is 61.0 Å². The number of aromatic nitrogens is 2. The van der Waals surface area contributed by atoms with Crippen molar-refractivity contribution >= 4 is 11.6 Å². The quantitative estimate of drug-likeness (QED) is 0.599. The van der Waals surface area contributed by atoms with E-state index in [4.69, 9.17) is 0 Å². The number of benzene rings is 2. The first-order chi connectivity index (χ1) is 13.9. The Labute approximate surface area is 166 Å². The number of amides is 1. The first-order valence-corrected chi connectivity index (χ1v) is 9.14. The highest BCUT2D eigenvalue weighted by Crippen LogP contribution is 2.19. The van der Waals surface area contributed by atoms with Crippen molar-refractivity contribution in [3.63, 3.8) is 0 Å². The molecule has 0 bridgehead atoms. The minimum atomic E-state index is -0.682. The summed E-state index contributed by atoms with van der Waals surface area (Å²) in [4.78, 5) is 13.8. The summed E-state index contributed by atoms with van der Waals surface area (Å²) >= 11 is 0. The van der Waals surface area contributed by atoms with Crippen LogP contribution in [0.15, 0.2) is 48.5 Å². The van der Waals surface area contributed by atoms with Gasteiger partial charge in [0.1, 0.15) is 17.5 Å². The van der Waals surface area contributed by atoms with E-state index in [-0.39, 0.29) is 18.0 Å². The van der Waals surface area contributed by atoms with E-state index in [9.17, 15) is 18.0 Å². The van der Waals surface area contributed by atoms with Gasteiger partial charge in [-0.2, -0.15) is 5.10 Å². The summed E-state index contributed by atoms with van der Waals surface area (Å²) in [7, 11) is 1.78. The van der Waals surface area contributed by atoms with Gasteiger partial charge in [0.15, 0.2) is 0 Å². The Bertz CT molecular complexity index is 972. The maximum atomic E-state index is 13.6. The number of H-pyrrole nitrogens is 1. The lowest BCUT2D eigenvalue weighted by atomic mass is 10.1. The van der Waals surface area contributed by atoms with Gasteiger partial charge < -0.3 is 5.32 Å². The number of hydrogen-bond acceptors (Lipinski definition) is 3. The maximum absolute atomic E-state index is 13.6. The van der Waals surface area contributed by atoms with Crippen LogP contribution in [0.25, 0.3) is 11.3 Å². The molecule has 0 aliphatic rings. The minimum Gasteiger partial charge on any atom is -0.322 e. The zero-order chi connectivity index (χ0) is 20.8. The van der Waals surface area contributed by atoms with Crippen LogP contribution in [0.2, 0.25) is 0 Å². The van der Waals surface area contributed by atoms with Gasteiger partial charge in [-0.1, -0.05) is 0 Å². The van der Waals surface area contributed by atoms with Gasteiger partial charge >= 0.3 is 0 Å². The molecule has 5 nitrogen and oxygen atoms in total. The number of hydrogen-bond donors (Lipinski definition) is 2. The van der Waals surface area contributed by atoms with Gasteiger partial charge in [0, 0.05) is 17.3 Å². The fraction of sp³-hybridized carbons (Fsp3) is 0.238. The first kappa shape index (κ1) is 20.6. The predicted molar refractivity (Wildman–Crippen MR) is 105 cm³/mol. The fourth-order valence-electron chi connectivity index (χ4n) is 2.90. The molecule has 2 N–H and O–H groups in total. The number of nitrogens with zero attached hydrogens (tertiary/aromatic N) is 2. The van der Waals surface area contributed by atoms with Crippen LogP contribution in [-0.4, -0.2) is 41.1 Å². The molecule has 0 aliphatic heterocycles. The number of carbonyl (C=O) groups is 1. The first-order valence-electron chi connectivity index (χ1n) is 9.14. The van der Waals surface area contributed by atoms with Crippen molar-refractivity contribution in [2.75, 3.05) is 25.5 Å². The zero-order valence-electron chi connectivity index (χ0n) is 15.9. The van der Waals surface area contributed by atoms with E-state index in [2.05, 4.69) is 15.5 Å². The Balaban J connectivity index is 1.44. The highest BCUT2D eigenvalue weighted by molar-refractivity contribution is 5.92. The van der Waals surface area contributed by atoms with E-state index in [0.717, 1.165) is 48.0 Å². The minimum absolute atomic E-state index is 0.0553. The third-order valence-electron chi connectivity index (χ3n) is 4.37. The number of carbonyl (C=O) groups excluding carboxylic acids is 1. The molecule has 0 aliphatic carbocycles. The summed E-state index contributed by atoms with van der Waals surface area (Å²) in [6.45, 7) is 0.684. The van der Waals surface area contributed by atoms with Gasteiger partial charge in [-0.3, -0.25) is 14.8 Å². The zero-order valence-corrected chi connectivity index (χ0v) is 15.9. The number of halogens is 3. The SMILES string of the molecule is CN(CCCc1cc(-c2ccc(F)cc2)n[nH]1)CC(=O)Nc1cc(F)ccc1F. The Morgan fingerprint density at radius 3 is 2.55 bits per heavy atom. The monoisotopic (exact) mass is 402 g/mol. The summed E-state index contributed by atoms with van der Waals surface area (Å²) < 4.78 is 39.7. The van der Waals surface area contributed by atoms with E-state index in [1.54, 1.807) is 24.1 Å². The van der Waals surface area contributed by atoms with Gasteiger partial charge in [-0.25, -0.2) is 13.2 Å². The van der Waals surface area contributed by atoms with Crippen molar-refractivity contribution in [3.05, 3.63) is 71.7 Å². The largest absolute Gasteiger partial charge is 0.322 e. The third-order valence-corrected chi connectivity index (χ3v) is 4.37. The highest BCUT2D eigenvalue weighted by atomic mass is 19.1. The third kappa shape index (κ3) is 5.92. The number of anilines is 1. The van der Waals surface area contributed by atoms with Crippen LogP contribution in [0.1, 0.15) is 12.1 Å². The molecule has 0 radical (unpaired) electrons. The van der Waals surface area contributed by atoms with Crippen molar-refractivity contribution in [3.8, 4) is 11.3 Å². The van der Waals surface area contributed by atoms with Crippen molar-refractivity contribution in [1.29, 1.82) is 0 Å². The van der Waals surface area contributed by atoms with E-state index in [1.165, 1.54) is 12.1 Å². The van der Waals surface area contributed by atoms with E-state index in [1.807, 2.05) is 6.07 Å². The molecule has 8 heteroatoms. The number of aryl methyl sites for hydroxylation is 1. The smallest absolute Gasteiger partial charge is 0.238 e. The fourth-order valence-corrected chi connectivity index (χ4v) is 2.90. The van der Waals surface area contributed by atoms with Crippen LogP contribution in [0, 0.1) is 17.5 Å². The number of nitrogens with one attached hydrogen (secondary N) is 2. The van der Waals surface area contributed by atoms with Crippen LogP contribution < -0.4 is 5.32 Å². The Morgan fingerprint density at radius 2 is 1.79 bits per heavy atom. The lowest BCUT2D eigenvalue weighted by Crippen LogP contribution is -2.31. The van der Waals surface area contributed by atoms with Crippen molar-refractivity contribution in [1.82, 2.24) is 15.1 Å². The van der Waals surface area contributed by atoms with Gasteiger partial charge in [-0.15, -0.1) is 0 Å². The molecular formula is C21H21F3N4O. The molecule has 152 valence electrons. The standard InChI is InChI=1S/C21H21F3N4O/c1-28(13-21(29)25-20-11-16(23)8-9-18(20)24)10-2-3-17-12-19(27-26-17)14-4-6-15(22)7-5-14/h4-9,11-12H,2-3,10,13H2,1H3,(H,25,29)(H,26,27). The van der Waals surface area contributed by atoms with E-state index >= 15 is 0 Å². The second-order valence-corrected chi connectivity index (χ2v) is 6.80. The molecule has 0 atom stereocenters. The maximum Gasteiger partial charge on any atom is 0.238 e. The molecule has 29 heavy (non-hydrogen) atoms. The summed E-state index contributed by atoms with van der Waals surface area (Å²) in [5, 5.41) is 9.57. The summed E-state index contributed by atoms with van der Waals surface area (Å²) in [5.41, 5.74) is 2.33. The summed E-state index contributed by atoms with van der Waals surface area (Å²) in [6, 6.07) is 10.9. The van der Waals surface area contributed by atoms with Gasteiger partial charge in [-0.05, 0) is 68.9 Å². The lowest BCUT2D eigenvalue weighted by Gasteiger charge is -2.16. The second-order valence-electron chi connectivity index (χ2n) is 6.80. The average molecular weight is 402 g/mol. The summed E-state index contributed by atoms with van der Waals surface area (Å²) in [5.74, 6) is -2.01. The van der Waals surface area contributed by atoms with E-state index < -0.39 is 17.5 Å².